The van der Waals surface area contributed by atoms with E-state index < -0.39 is 0 Å². The number of aromatic nitrogens is 1. The van der Waals surface area contributed by atoms with E-state index in [1.165, 1.54) is 0 Å². The van der Waals surface area contributed by atoms with Crippen LogP contribution in [0.3, 0.4) is 0 Å². The normalized spacial score (nSPS) is 21.8. The van der Waals surface area contributed by atoms with Crippen LogP contribution in [0.4, 0.5) is 0 Å². The molecule has 0 N–H and O–H groups in total. The number of rotatable bonds is 6. The van der Waals surface area contributed by atoms with Crippen molar-refractivity contribution in [1.29, 1.82) is 0 Å². The van der Waals surface area contributed by atoms with Gasteiger partial charge in [-0.05, 0) is 49.4 Å². The van der Waals surface area contributed by atoms with Gasteiger partial charge < -0.3 is 9.80 Å². The van der Waals surface area contributed by atoms with Crippen molar-refractivity contribution in [3.05, 3.63) is 65.5 Å². The molecule has 2 heterocycles. The summed E-state index contributed by atoms with van der Waals surface area (Å²) in [6.45, 7) is 5.23. The first-order valence-electron chi connectivity index (χ1n) is 10.1. The maximum absolute atomic E-state index is 13.7. The highest BCUT2D eigenvalue weighted by atomic mass is 16.2. The third-order valence-corrected chi connectivity index (χ3v) is 5.94. The zero-order valence-corrected chi connectivity index (χ0v) is 16.5. The molecule has 0 bridgehead atoms. The van der Waals surface area contributed by atoms with Crippen molar-refractivity contribution in [2.75, 3.05) is 6.54 Å². The fourth-order valence-electron chi connectivity index (χ4n) is 4.36. The molecule has 1 saturated heterocycles. The van der Waals surface area contributed by atoms with Crippen molar-refractivity contribution in [3.8, 4) is 0 Å². The summed E-state index contributed by atoms with van der Waals surface area (Å²) in [7, 11) is 0. The number of nitrogens with zero attached hydrogens (tertiary/aromatic N) is 3. The molecule has 2 atom stereocenters. The second-order valence-corrected chi connectivity index (χ2v) is 7.85. The first-order valence-corrected chi connectivity index (χ1v) is 10.1. The molecule has 0 unspecified atom stereocenters. The second-order valence-electron chi connectivity index (χ2n) is 7.85. The summed E-state index contributed by atoms with van der Waals surface area (Å²) in [6, 6.07) is 12.1. The van der Waals surface area contributed by atoms with Gasteiger partial charge >= 0.3 is 0 Å². The monoisotopic (exact) mass is 377 g/mol. The Balaban J connectivity index is 1.65. The molecule has 0 radical (unpaired) electrons. The molecule has 5 heteroatoms. The lowest BCUT2D eigenvalue weighted by Gasteiger charge is -2.32. The van der Waals surface area contributed by atoms with Crippen LogP contribution < -0.4 is 0 Å². The maximum Gasteiger partial charge on any atom is 0.229 e. The molecule has 2 fully saturated rings. The van der Waals surface area contributed by atoms with E-state index in [2.05, 4.69) is 24.0 Å². The van der Waals surface area contributed by atoms with E-state index >= 15 is 0 Å². The second kappa shape index (κ2) is 7.74. The highest BCUT2D eigenvalue weighted by molar-refractivity contribution is 5.90. The molecular formula is C23H27N3O2. The Bertz CT molecular complexity index is 863. The van der Waals surface area contributed by atoms with Crippen molar-refractivity contribution in [3.63, 3.8) is 0 Å². The van der Waals surface area contributed by atoms with Gasteiger partial charge in [-0.3, -0.25) is 14.6 Å². The molecule has 0 spiro atoms. The first kappa shape index (κ1) is 18.7. The van der Waals surface area contributed by atoms with E-state index in [4.69, 9.17) is 0 Å². The summed E-state index contributed by atoms with van der Waals surface area (Å²) in [5.74, 6) is -0.152. The molecule has 28 heavy (non-hydrogen) atoms. The van der Waals surface area contributed by atoms with E-state index in [0.29, 0.717) is 19.5 Å². The number of likely N-dealkylation sites (tertiary alicyclic amines) is 1. The average molecular weight is 377 g/mol. The van der Waals surface area contributed by atoms with Gasteiger partial charge in [-0.15, -0.1) is 0 Å². The number of hydrogen-bond acceptors (Lipinski definition) is 3. The minimum absolute atomic E-state index is 0.0752. The van der Waals surface area contributed by atoms with Crippen molar-refractivity contribution >= 4 is 11.8 Å². The highest BCUT2D eigenvalue weighted by Gasteiger charge is 2.47. The van der Waals surface area contributed by atoms with E-state index in [1.54, 1.807) is 6.20 Å². The van der Waals surface area contributed by atoms with Crippen LogP contribution in [0.25, 0.3) is 0 Å². The fourth-order valence-corrected chi connectivity index (χ4v) is 4.36. The zero-order chi connectivity index (χ0) is 19.7. The van der Waals surface area contributed by atoms with Crippen molar-refractivity contribution in [2.45, 2.75) is 51.7 Å². The van der Waals surface area contributed by atoms with Crippen LogP contribution in [0.1, 0.15) is 48.9 Å². The van der Waals surface area contributed by atoms with Gasteiger partial charge in [-0.1, -0.05) is 30.3 Å². The number of carbonyl (C=O) groups is 2. The predicted octanol–water partition coefficient (Wildman–Crippen LogP) is 3.49. The fraction of sp³-hybridized carbons (Fsp3) is 0.435. The van der Waals surface area contributed by atoms with Gasteiger partial charge in [0.05, 0.1) is 12.0 Å². The minimum Gasteiger partial charge on any atom is -0.335 e. The van der Waals surface area contributed by atoms with Crippen molar-refractivity contribution in [1.82, 2.24) is 14.8 Å². The summed E-state index contributed by atoms with van der Waals surface area (Å²) >= 11 is 0. The van der Waals surface area contributed by atoms with Crippen LogP contribution in [0.5, 0.6) is 0 Å². The van der Waals surface area contributed by atoms with Crippen LogP contribution in [-0.2, 0) is 16.1 Å². The number of benzene rings is 1. The molecule has 2 amide bonds. The molecular weight excluding hydrogens is 350 g/mol. The molecule has 1 aliphatic heterocycles. The summed E-state index contributed by atoms with van der Waals surface area (Å²) < 4.78 is 0. The van der Waals surface area contributed by atoms with E-state index in [-0.39, 0.29) is 29.8 Å². The standard InChI is InChI=1S/C23H27N3O2/c1-3-25-21(27)13-20(22(25)19-9-5-4-7-16(19)2)23(28)26(18-10-11-18)15-17-8-6-12-24-14-17/h4-9,12,14,18,20,22H,3,10-11,13,15H2,1-2H3/t20-,22+/m1/s1. The Kier molecular flexibility index (Phi) is 5.16. The maximum atomic E-state index is 13.7. The number of pyridine rings is 1. The quantitative estimate of drug-likeness (QED) is 0.774. The smallest absolute Gasteiger partial charge is 0.229 e. The van der Waals surface area contributed by atoms with Crippen LogP contribution in [0.15, 0.2) is 48.8 Å². The predicted molar refractivity (Wildman–Crippen MR) is 107 cm³/mol. The lowest BCUT2D eigenvalue weighted by Crippen LogP contribution is -2.40. The Morgan fingerprint density at radius 3 is 2.64 bits per heavy atom. The van der Waals surface area contributed by atoms with Crippen molar-refractivity contribution < 1.29 is 9.59 Å². The highest BCUT2D eigenvalue weighted by Crippen LogP contribution is 2.42. The third-order valence-electron chi connectivity index (χ3n) is 5.94. The Labute approximate surface area is 166 Å². The minimum atomic E-state index is -0.328. The molecule has 2 aliphatic rings. The summed E-state index contributed by atoms with van der Waals surface area (Å²) in [4.78, 5) is 34.4. The Morgan fingerprint density at radius 2 is 2.00 bits per heavy atom. The largest absolute Gasteiger partial charge is 0.335 e. The van der Waals surface area contributed by atoms with Gasteiger partial charge in [0.2, 0.25) is 11.8 Å². The van der Waals surface area contributed by atoms with Gasteiger partial charge in [0.15, 0.2) is 0 Å². The molecule has 1 aromatic heterocycles. The zero-order valence-electron chi connectivity index (χ0n) is 16.5. The molecule has 1 saturated carbocycles. The van der Waals surface area contributed by atoms with Gasteiger partial charge in [-0.2, -0.15) is 0 Å². The third kappa shape index (κ3) is 3.53. The van der Waals surface area contributed by atoms with Crippen LogP contribution in [0.2, 0.25) is 0 Å². The molecule has 1 aromatic carbocycles. The summed E-state index contributed by atoms with van der Waals surface area (Å²) in [5.41, 5.74) is 3.25. The summed E-state index contributed by atoms with van der Waals surface area (Å²) in [6.07, 6.45) is 5.94. The molecule has 1 aliphatic carbocycles. The van der Waals surface area contributed by atoms with E-state index in [9.17, 15) is 9.59 Å². The number of hydrogen-bond donors (Lipinski definition) is 0. The topological polar surface area (TPSA) is 53.5 Å². The molecule has 146 valence electrons. The number of aryl methyl sites for hydroxylation is 1. The lowest BCUT2D eigenvalue weighted by atomic mass is 9.89. The number of carbonyl (C=O) groups excluding carboxylic acids is 2. The first-order chi connectivity index (χ1) is 13.6. The van der Waals surface area contributed by atoms with Crippen LogP contribution >= 0.6 is 0 Å². The SMILES string of the molecule is CCN1C(=O)C[C@@H](C(=O)N(Cc2cccnc2)C2CC2)[C@@H]1c1ccccc1C. The number of amides is 2. The lowest BCUT2D eigenvalue weighted by molar-refractivity contribution is -0.137. The molecule has 2 aromatic rings. The molecule has 5 nitrogen and oxygen atoms in total. The van der Waals surface area contributed by atoms with E-state index in [1.807, 2.05) is 47.2 Å². The average Bonchev–Trinajstić information content (AvgIpc) is 3.49. The van der Waals surface area contributed by atoms with Crippen LogP contribution in [0, 0.1) is 12.8 Å². The van der Waals surface area contributed by atoms with Crippen molar-refractivity contribution in [2.24, 2.45) is 5.92 Å². The van der Waals surface area contributed by atoms with E-state index in [0.717, 1.165) is 29.5 Å². The van der Waals surface area contributed by atoms with Gasteiger partial charge in [0, 0.05) is 37.9 Å². The van der Waals surface area contributed by atoms with Gasteiger partial charge in [-0.25, -0.2) is 0 Å². The Morgan fingerprint density at radius 1 is 1.21 bits per heavy atom. The molecule has 4 rings (SSSR count). The van der Waals surface area contributed by atoms with Gasteiger partial charge in [0.1, 0.15) is 0 Å². The summed E-state index contributed by atoms with van der Waals surface area (Å²) in [5, 5.41) is 0. The Hall–Kier alpha value is -2.69. The van der Waals surface area contributed by atoms with Crippen LogP contribution in [-0.4, -0.2) is 39.2 Å². The van der Waals surface area contributed by atoms with Gasteiger partial charge in [0.25, 0.3) is 0 Å².